The van der Waals surface area contributed by atoms with Crippen LogP contribution in [0.3, 0.4) is 0 Å². The Labute approximate surface area is 177 Å². The zero-order valence-corrected chi connectivity index (χ0v) is 17.9. The van der Waals surface area contributed by atoms with E-state index in [2.05, 4.69) is 4.72 Å². The number of sulfonamides is 1. The van der Waals surface area contributed by atoms with Crippen molar-refractivity contribution in [1.29, 1.82) is 0 Å². The Morgan fingerprint density at radius 1 is 0.967 bits per heavy atom. The van der Waals surface area contributed by atoms with Gasteiger partial charge in [0.05, 0.1) is 17.7 Å². The van der Waals surface area contributed by atoms with Crippen LogP contribution in [0.4, 0.5) is 5.69 Å². The van der Waals surface area contributed by atoms with Crippen LogP contribution < -0.4 is 9.46 Å². The summed E-state index contributed by atoms with van der Waals surface area (Å²) in [6, 6.07) is 20.6. The van der Waals surface area contributed by atoms with Crippen LogP contribution in [-0.2, 0) is 16.6 Å². The fourth-order valence-corrected chi connectivity index (χ4v) is 4.10. The second kappa shape index (κ2) is 9.00. The third kappa shape index (κ3) is 4.99. The highest BCUT2D eigenvalue weighted by atomic mass is 32.2. The van der Waals surface area contributed by atoms with E-state index in [1.54, 1.807) is 31.2 Å². The lowest BCUT2D eigenvalue weighted by molar-refractivity contribution is 0.0785. The van der Waals surface area contributed by atoms with Crippen molar-refractivity contribution in [3.63, 3.8) is 0 Å². The van der Waals surface area contributed by atoms with Gasteiger partial charge in [0.25, 0.3) is 15.9 Å². The summed E-state index contributed by atoms with van der Waals surface area (Å²) in [6.45, 7) is 2.26. The van der Waals surface area contributed by atoms with Crippen molar-refractivity contribution < 1.29 is 17.9 Å². The zero-order chi connectivity index (χ0) is 21.7. The lowest BCUT2D eigenvalue weighted by Crippen LogP contribution is -2.26. The Morgan fingerprint density at radius 2 is 1.60 bits per heavy atom. The highest BCUT2D eigenvalue weighted by Crippen LogP contribution is 2.20. The van der Waals surface area contributed by atoms with Crippen LogP contribution in [0.25, 0.3) is 0 Å². The molecule has 3 aromatic rings. The minimum atomic E-state index is -3.74. The first-order valence-electron chi connectivity index (χ1n) is 9.37. The molecule has 0 aromatic heterocycles. The quantitative estimate of drug-likeness (QED) is 0.620. The summed E-state index contributed by atoms with van der Waals surface area (Å²) >= 11 is 0. The van der Waals surface area contributed by atoms with Gasteiger partial charge in [0.2, 0.25) is 0 Å². The third-order valence-corrected chi connectivity index (χ3v) is 6.11. The first-order chi connectivity index (χ1) is 14.3. The van der Waals surface area contributed by atoms with Crippen molar-refractivity contribution in [2.24, 2.45) is 0 Å². The molecule has 0 saturated heterocycles. The van der Waals surface area contributed by atoms with E-state index in [1.165, 1.54) is 24.3 Å². The number of ether oxygens (including phenoxy) is 1. The van der Waals surface area contributed by atoms with Gasteiger partial charge in [-0.3, -0.25) is 9.52 Å². The van der Waals surface area contributed by atoms with Gasteiger partial charge in [0, 0.05) is 19.2 Å². The predicted molar refractivity (Wildman–Crippen MR) is 117 cm³/mol. The summed E-state index contributed by atoms with van der Waals surface area (Å²) in [5.41, 5.74) is 2.74. The molecule has 0 radical (unpaired) electrons. The molecule has 156 valence electrons. The topological polar surface area (TPSA) is 75.7 Å². The van der Waals surface area contributed by atoms with Crippen LogP contribution >= 0.6 is 0 Å². The van der Waals surface area contributed by atoms with Crippen molar-refractivity contribution in [3.05, 3.63) is 89.5 Å². The molecule has 0 aliphatic rings. The van der Waals surface area contributed by atoms with Crippen LogP contribution in [0, 0.1) is 6.92 Å². The van der Waals surface area contributed by atoms with E-state index in [0.717, 1.165) is 16.9 Å². The molecule has 6 nitrogen and oxygen atoms in total. The van der Waals surface area contributed by atoms with Gasteiger partial charge < -0.3 is 9.64 Å². The third-order valence-electron chi connectivity index (χ3n) is 4.73. The molecule has 0 fully saturated rings. The summed E-state index contributed by atoms with van der Waals surface area (Å²) in [4.78, 5) is 14.4. The number of rotatable bonds is 7. The number of nitrogens with one attached hydrogen (secondary N) is 1. The molecule has 1 N–H and O–H groups in total. The first kappa shape index (κ1) is 21.4. The van der Waals surface area contributed by atoms with Crippen LogP contribution in [0.5, 0.6) is 5.75 Å². The highest BCUT2D eigenvalue weighted by molar-refractivity contribution is 7.92. The Balaban J connectivity index is 1.70. The van der Waals surface area contributed by atoms with Gasteiger partial charge in [-0.25, -0.2) is 8.42 Å². The highest BCUT2D eigenvalue weighted by Gasteiger charge is 2.17. The molecule has 0 atom stereocenters. The van der Waals surface area contributed by atoms with E-state index in [9.17, 15) is 13.2 Å². The number of hydrogen-bond acceptors (Lipinski definition) is 4. The van der Waals surface area contributed by atoms with Gasteiger partial charge in [-0.05, 0) is 60.5 Å². The Morgan fingerprint density at radius 3 is 2.20 bits per heavy atom. The van der Waals surface area contributed by atoms with Crippen molar-refractivity contribution in [2.75, 3.05) is 18.9 Å². The average molecular weight is 425 g/mol. The van der Waals surface area contributed by atoms with Crippen molar-refractivity contribution in [3.8, 4) is 5.75 Å². The smallest absolute Gasteiger partial charge is 0.261 e. The number of aryl methyl sites for hydroxylation is 1. The van der Waals surface area contributed by atoms with E-state index >= 15 is 0 Å². The van der Waals surface area contributed by atoms with E-state index < -0.39 is 10.0 Å². The number of nitrogens with zero attached hydrogens (tertiary/aromatic N) is 1. The molecule has 30 heavy (non-hydrogen) atoms. The summed E-state index contributed by atoms with van der Waals surface area (Å²) in [7, 11) is -0.433. The van der Waals surface area contributed by atoms with Crippen molar-refractivity contribution in [2.45, 2.75) is 18.4 Å². The van der Waals surface area contributed by atoms with Gasteiger partial charge in [0.15, 0.2) is 0 Å². The maximum atomic E-state index is 12.7. The monoisotopic (exact) mass is 424 g/mol. The molecule has 3 rings (SSSR count). The molecule has 0 heterocycles. The lowest BCUT2D eigenvalue weighted by Gasteiger charge is -2.18. The molecule has 7 heteroatoms. The molecule has 0 aliphatic carbocycles. The van der Waals surface area contributed by atoms with Crippen LogP contribution in [0.1, 0.15) is 21.5 Å². The molecule has 3 aromatic carbocycles. The lowest BCUT2D eigenvalue weighted by atomic mass is 10.1. The number of carbonyl (C=O) groups is 1. The van der Waals surface area contributed by atoms with Gasteiger partial charge in [0.1, 0.15) is 5.75 Å². The second-order valence-electron chi connectivity index (χ2n) is 6.95. The molecule has 0 unspecified atom stereocenters. The molecule has 0 bridgehead atoms. The fraction of sp³-hybridized carbons (Fsp3) is 0.174. The van der Waals surface area contributed by atoms with Gasteiger partial charge in [-0.1, -0.05) is 30.3 Å². The molecular formula is C23H24N2O4S. The molecule has 1 amide bonds. The number of benzene rings is 3. The number of methoxy groups -OCH3 is 1. The number of para-hydroxylation sites is 1. The maximum Gasteiger partial charge on any atom is 0.261 e. The predicted octanol–water partition coefficient (Wildman–Crippen LogP) is 4.08. The van der Waals surface area contributed by atoms with Crippen molar-refractivity contribution >= 4 is 21.6 Å². The Bertz CT molecular complexity index is 1120. The first-order valence-corrected chi connectivity index (χ1v) is 10.9. The summed E-state index contributed by atoms with van der Waals surface area (Å²) < 4.78 is 33.0. The maximum absolute atomic E-state index is 12.7. The summed E-state index contributed by atoms with van der Waals surface area (Å²) in [5.74, 6) is 0.561. The van der Waals surface area contributed by atoms with Crippen molar-refractivity contribution in [1.82, 2.24) is 4.90 Å². The van der Waals surface area contributed by atoms with E-state index in [0.29, 0.717) is 17.8 Å². The van der Waals surface area contributed by atoms with E-state index in [-0.39, 0.29) is 10.8 Å². The minimum Gasteiger partial charge on any atom is -0.497 e. The molecule has 0 saturated carbocycles. The fourth-order valence-electron chi connectivity index (χ4n) is 2.96. The number of anilines is 1. The van der Waals surface area contributed by atoms with Crippen LogP contribution in [0.15, 0.2) is 77.7 Å². The standard InChI is InChI=1S/C23H24N2O4S/c1-17-6-4-5-7-22(17)24-30(27,28)21-14-10-19(11-15-21)23(26)25(2)16-18-8-12-20(29-3)13-9-18/h4-15,24H,16H2,1-3H3. The van der Waals surface area contributed by atoms with Crippen LogP contribution in [0.2, 0.25) is 0 Å². The van der Waals surface area contributed by atoms with Gasteiger partial charge >= 0.3 is 0 Å². The van der Waals surface area contributed by atoms with Gasteiger partial charge in [-0.2, -0.15) is 0 Å². The van der Waals surface area contributed by atoms with Crippen LogP contribution in [-0.4, -0.2) is 33.4 Å². The Kier molecular flexibility index (Phi) is 6.42. The molecular weight excluding hydrogens is 400 g/mol. The van der Waals surface area contributed by atoms with E-state index in [4.69, 9.17) is 4.74 Å². The normalized spacial score (nSPS) is 11.0. The van der Waals surface area contributed by atoms with E-state index in [1.807, 2.05) is 43.3 Å². The Hall–Kier alpha value is -3.32. The number of hydrogen-bond donors (Lipinski definition) is 1. The average Bonchev–Trinajstić information content (AvgIpc) is 2.75. The molecule has 0 spiro atoms. The summed E-state index contributed by atoms with van der Waals surface area (Å²) in [6.07, 6.45) is 0. The minimum absolute atomic E-state index is 0.0973. The largest absolute Gasteiger partial charge is 0.497 e. The zero-order valence-electron chi connectivity index (χ0n) is 17.1. The number of carbonyl (C=O) groups excluding carboxylic acids is 1. The SMILES string of the molecule is COc1ccc(CN(C)C(=O)c2ccc(S(=O)(=O)Nc3ccccc3C)cc2)cc1. The molecule has 0 aliphatic heterocycles. The second-order valence-corrected chi connectivity index (χ2v) is 8.64. The van der Waals surface area contributed by atoms with Gasteiger partial charge in [-0.15, -0.1) is 0 Å². The number of amides is 1. The summed E-state index contributed by atoms with van der Waals surface area (Å²) in [5, 5.41) is 0.